The van der Waals surface area contributed by atoms with Gasteiger partial charge < -0.3 is 5.21 Å². The van der Waals surface area contributed by atoms with Gasteiger partial charge in [0.1, 0.15) is 0 Å². The smallest absolute Gasteiger partial charge is 0 e. The Kier molecular flexibility index (Phi) is 112. The summed E-state index contributed by atoms with van der Waals surface area (Å²) in [7, 11) is 0. The van der Waals surface area contributed by atoms with Crippen molar-refractivity contribution < 1.29 is 42.9 Å². The van der Waals surface area contributed by atoms with E-state index < -0.39 is 0 Å². The average Bonchev–Trinajstić information content (AvgIpc) is 1.00. The molecule has 0 saturated carbocycles. The number of hydrogen-bond donors (Lipinski definition) is 2. The Hall–Kier alpha value is 1.47. The molecule has 0 bridgehead atoms. The summed E-state index contributed by atoms with van der Waals surface area (Å²) in [5.41, 5.74) is 0. The number of nitrogens with two attached hydrogens (primary N) is 1. The first kappa shape index (κ1) is 17.9. The minimum absolute atomic E-state index is 0. The maximum atomic E-state index is 6.50. The van der Waals surface area contributed by atoms with Crippen LogP contribution in [0.5, 0.6) is 0 Å². The molecule has 4 heavy (non-hydrogen) atoms. The van der Waals surface area contributed by atoms with E-state index in [1.807, 2.05) is 0 Å². The molecule has 0 aliphatic rings. The second-order valence-electron chi connectivity index (χ2n) is 0. The molecule has 4 heteroatoms. The van der Waals surface area contributed by atoms with E-state index in [1.54, 1.807) is 0 Å². The van der Waals surface area contributed by atoms with Crippen LogP contribution in [-0.4, -0.2) is 5.21 Å². The standard InChI is InChI=1S/Ar.ClH.H3NO/c;;1-2/h;1H;2H,1H2. The molecule has 0 amide bonds. The van der Waals surface area contributed by atoms with Crippen molar-refractivity contribution in [2.45, 2.75) is 0 Å². The molecule has 0 aliphatic heterocycles. The predicted molar refractivity (Wildman–Crippen MR) is 13.2 cm³/mol. The normalized spacial score (nSPS) is 1.50. The van der Waals surface area contributed by atoms with Gasteiger partial charge in [-0.15, -0.1) is 12.4 Å². The Balaban J connectivity index is -0.00000000500. The summed E-state index contributed by atoms with van der Waals surface area (Å²) in [6.07, 6.45) is 0. The first-order valence-electron chi connectivity index (χ1n) is 0.258. The summed E-state index contributed by atoms with van der Waals surface area (Å²) in [5, 5.41) is 6.50. The molecule has 0 unspecified atom stereocenters. The van der Waals surface area contributed by atoms with E-state index in [1.165, 1.54) is 0 Å². The first-order valence-corrected chi connectivity index (χ1v) is 0.258. The molecule has 0 saturated heterocycles. The van der Waals surface area contributed by atoms with Crippen LogP contribution in [0.15, 0.2) is 0 Å². The fourth-order valence-corrected chi connectivity index (χ4v) is 0. The monoisotopic (exact) mass is 109 g/mol. The average molecular weight is 109 g/mol. The molecule has 0 aromatic rings. The summed E-state index contributed by atoms with van der Waals surface area (Å²) >= 11 is 0. The van der Waals surface area contributed by atoms with Crippen LogP contribution in [0.2, 0.25) is 0 Å². The van der Waals surface area contributed by atoms with Gasteiger partial charge in [0.15, 0.2) is 0 Å². The molecule has 0 rings (SSSR count). The van der Waals surface area contributed by atoms with Crippen LogP contribution in [0.25, 0.3) is 0 Å². The van der Waals surface area contributed by atoms with E-state index in [9.17, 15) is 0 Å². The van der Waals surface area contributed by atoms with Crippen molar-refractivity contribution in [3.05, 3.63) is 0 Å². The molecule has 0 fully saturated rings. The summed E-state index contributed by atoms with van der Waals surface area (Å²) in [6, 6.07) is 0. The van der Waals surface area contributed by atoms with Gasteiger partial charge in [-0.1, -0.05) is 0 Å². The molecule has 0 heterocycles. The summed E-state index contributed by atoms with van der Waals surface area (Å²) in [6.45, 7) is 0. The first-order chi connectivity index (χ1) is 1.00. The Morgan fingerprint density at radius 3 is 1.25 bits per heavy atom. The third-order valence-corrected chi connectivity index (χ3v) is 0. The quantitative estimate of drug-likeness (QED) is 0.422. The molecule has 0 radical (unpaired) electrons. The van der Waals surface area contributed by atoms with Gasteiger partial charge in [-0.05, 0) is 0 Å². The van der Waals surface area contributed by atoms with Gasteiger partial charge in [0.25, 0.3) is 0 Å². The van der Waals surface area contributed by atoms with Gasteiger partial charge >= 0.3 is 0 Å². The molecule has 0 aromatic heterocycles. The van der Waals surface area contributed by atoms with Crippen LogP contribution < -0.4 is 5.90 Å². The van der Waals surface area contributed by atoms with Crippen molar-refractivity contribution in [3.63, 3.8) is 0 Å². The van der Waals surface area contributed by atoms with E-state index in [4.69, 9.17) is 5.21 Å². The Labute approximate surface area is 60.7 Å². The van der Waals surface area contributed by atoms with E-state index in [2.05, 4.69) is 5.90 Å². The zero-order valence-corrected chi connectivity index (χ0v) is 3.31. The van der Waals surface area contributed by atoms with Gasteiger partial charge in [0, 0.05) is 37.7 Å². The minimum Gasteiger partial charge on any atom is -0.320 e. The molecule has 0 atom stereocenters. The van der Waals surface area contributed by atoms with Crippen molar-refractivity contribution >= 4 is 12.4 Å². The molecule has 0 spiro atoms. The fraction of sp³-hybridized carbons (Fsp3) is 0. The van der Waals surface area contributed by atoms with E-state index in [0.717, 1.165) is 0 Å². The van der Waals surface area contributed by atoms with Crippen LogP contribution in [0.1, 0.15) is 0 Å². The van der Waals surface area contributed by atoms with Crippen molar-refractivity contribution in [2.24, 2.45) is 5.90 Å². The third kappa shape index (κ3) is 9.80. The molecular weight excluding hydrogens is 105 g/mol. The second kappa shape index (κ2) is 24.9. The van der Waals surface area contributed by atoms with E-state index >= 15 is 0 Å². The van der Waals surface area contributed by atoms with Crippen LogP contribution in [0, 0.1) is 37.7 Å². The van der Waals surface area contributed by atoms with Gasteiger partial charge in [-0.2, -0.15) is 0 Å². The van der Waals surface area contributed by atoms with Crippen molar-refractivity contribution in [2.75, 3.05) is 0 Å². The predicted octanol–water partition coefficient (Wildman–Crippen LogP) is -0.244. The largest absolute Gasteiger partial charge is 0.320 e. The van der Waals surface area contributed by atoms with Gasteiger partial charge in [0.2, 0.25) is 0 Å². The molecule has 0 aliphatic carbocycles. The fourth-order valence-electron chi connectivity index (χ4n) is 0. The number of hydrogen-bond acceptors (Lipinski definition) is 2. The number of rotatable bonds is 0. The molecular formula is H4ArClNO. The minimum atomic E-state index is 0. The molecule has 3 N–H and O–H groups in total. The summed E-state index contributed by atoms with van der Waals surface area (Å²) < 4.78 is 0. The van der Waals surface area contributed by atoms with Crippen LogP contribution >= 0.6 is 12.4 Å². The second-order valence-corrected chi connectivity index (χ2v) is 0. The molecule has 2 nitrogen and oxygen atoms in total. The van der Waals surface area contributed by atoms with Crippen molar-refractivity contribution in [1.82, 2.24) is 0 Å². The van der Waals surface area contributed by atoms with Crippen LogP contribution in [-0.2, 0) is 0 Å². The van der Waals surface area contributed by atoms with E-state index in [-0.39, 0.29) is 50.1 Å². The Morgan fingerprint density at radius 2 is 1.25 bits per heavy atom. The van der Waals surface area contributed by atoms with E-state index in [0.29, 0.717) is 0 Å². The van der Waals surface area contributed by atoms with Crippen LogP contribution in [0.4, 0.5) is 0 Å². The molecule has 30 valence electrons. The zero-order chi connectivity index (χ0) is 2.00. The van der Waals surface area contributed by atoms with Gasteiger partial charge in [-0.3, -0.25) is 0 Å². The van der Waals surface area contributed by atoms with Gasteiger partial charge in [-0.25, -0.2) is 5.90 Å². The van der Waals surface area contributed by atoms with Crippen LogP contribution in [0.3, 0.4) is 0 Å². The van der Waals surface area contributed by atoms with Crippen molar-refractivity contribution in [1.29, 1.82) is 0 Å². The Morgan fingerprint density at radius 1 is 1.25 bits per heavy atom. The summed E-state index contributed by atoms with van der Waals surface area (Å²) in [4.78, 5) is 0. The van der Waals surface area contributed by atoms with Gasteiger partial charge in [0.05, 0.1) is 0 Å². The molecule has 0 aromatic carbocycles. The van der Waals surface area contributed by atoms with Crippen molar-refractivity contribution in [3.8, 4) is 0 Å². The maximum absolute atomic E-state index is 6.50. The Bertz CT molecular complexity index is 8.00. The third-order valence-electron chi connectivity index (χ3n) is 0. The SMILES string of the molecule is Cl.NO.[Ar]. The topological polar surface area (TPSA) is 46.2 Å². The zero-order valence-electron chi connectivity index (χ0n) is 1.79. The summed E-state index contributed by atoms with van der Waals surface area (Å²) in [5.74, 6) is 3.50. The number of halogens is 1. The maximum Gasteiger partial charge on any atom is 0 e.